The number of hydrogen-bond acceptors (Lipinski definition) is 4. The van der Waals surface area contributed by atoms with Crippen molar-refractivity contribution < 1.29 is 19.1 Å². The van der Waals surface area contributed by atoms with Crippen LogP contribution >= 0.6 is 0 Å². The second-order valence-electron chi connectivity index (χ2n) is 4.22. The fourth-order valence-electron chi connectivity index (χ4n) is 1.64. The highest BCUT2D eigenvalue weighted by atomic mass is 16.7. The Morgan fingerprint density at radius 3 is 2.32 bits per heavy atom. The highest BCUT2D eigenvalue weighted by Crippen LogP contribution is 2.09. The van der Waals surface area contributed by atoms with Crippen LogP contribution in [0.2, 0.25) is 0 Å². The van der Waals surface area contributed by atoms with Crippen molar-refractivity contribution in [3.63, 3.8) is 0 Å². The lowest BCUT2D eigenvalue weighted by molar-refractivity contribution is -0.110. The molecule has 0 fully saturated rings. The number of likely N-dealkylation sites (N-methyl/N-ethyl adjacent to an activating group) is 1. The van der Waals surface area contributed by atoms with Crippen molar-refractivity contribution in [2.24, 2.45) is 0 Å². The van der Waals surface area contributed by atoms with Gasteiger partial charge in [0.15, 0.2) is 12.1 Å². The maximum absolute atomic E-state index is 12.2. The Morgan fingerprint density at radius 1 is 1.21 bits per heavy atom. The molecule has 1 rings (SSSR count). The number of hydrogen-bond donors (Lipinski definition) is 0. The minimum absolute atomic E-state index is 0.0658. The number of methoxy groups -OCH3 is 2. The van der Waals surface area contributed by atoms with Crippen LogP contribution in [0, 0.1) is 0 Å². The van der Waals surface area contributed by atoms with Gasteiger partial charge in [-0.15, -0.1) is 0 Å². The molecular weight excluding hydrogens is 246 g/mol. The summed E-state index contributed by atoms with van der Waals surface area (Å²) in [5.41, 5.74) is 0.996. The number of ketones is 1. The largest absolute Gasteiger partial charge is 0.354 e. The van der Waals surface area contributed by atoms with Crippen LogP contribution in [0.4, 0.5) is 0 Å². The molecule has 5 nitrogen and oxygen atoms in total. The summed E-state index contributed by atoms with van der Waals surface area (Å²) in [5, 5.41) is 0. The van der Waals surface area contributed by atoms with Gasteiger partial charge in [-0.1, -0.05) is 12.1 Å². The van der Waals surface area contributed by atoms with Crippen molar-refractivity contribution in [1.82, 2.24) is 4.90 Å². The number of ether oxygens (including phenoxy) is 2. The SMILES string of the molecule is COC(CN(C)C(=O)c1cccc(C(C)=O)c1)OC. The molecule has 0 bridgehead atoms. The molecule has 0 unspecified atom stereocenters. The monoisotopic (exact) mass is 265 g/mol. The van der Waals surface area contributed by atoms with E-state index in [1.54, 1.807) is 31.3 Å². The molecule has 0 atom stereocenters. The Morgan fingerprint density at radius 2 is 1.79 bits per heavy atom. The van der Waals surface area contributed by atoms with Crippen LogP contribution in [0.25, 0.3) is 0 Å². The van der Waals surface area contributed by atoms with Crippen LogP contribution in [0.5, 0.6) is 0 Å². The van der Waals surface area contributed by atoms with Crippen LogP contribution in [0.15, 0.2) is 24.3 Å². The standard InChI is InChI=1S/C14H19NO4/c1-10(16)11-6-5-7-12(8-11)14(17)15(2)9-13(18-3)19-4/h5-8,13H,9H2,1-4H3. The van der Waals surface area contributed by atoms with E-state index < -0.39 is 6.29 Å². The molecule has 104 valence electrons. The summed E-state index contributed by atoms with van der Waals surface area (Å²) in [6, 6.07) is 6.66. The van der Waals surface area contributed by atoms with Gasteiger partial charge in [-0.2, -0.15) is 0 Å². The van der Waals surface area contributed by atoms with Gasteiger partial charge in [0.25, 0.3) is 5.91 Å². The number of amides is 1. The Balaban J connectivity index is 2.82. The number of rotatable bonds is 6. The molecule has 0 radical (unpaired) electrons. The number of benzene rings is 1. The van der Waals surface area contributed by atoms with Gasteiger partial charge in [-0.25, -0.2) is 0 Å². The third-order valence-electron chi connectivity index (χ3n) is 2.81. The van der Waals surface area contributed by atoms with Crippen molar-refractivity contribution in [3.8, 4) is 0 Å². The molecule has 1 amide bonds. The van der Waals surface area contributed by atoms with Crippen molar-refractivity contribution >= 4 is 11.7 Å². The average molecular weight is 265 g/mol. The minimum atomic E-state index is -0.468. The molecule has 0 saturated heterocycles. The van der Waals surface area contributed by atoms with Crippen LogP contribution in [0.1, 0.15) is 27.6 Å². The van der Waals surface area contributed by atoms with Crippen LogP contribution < -0.4 is 0 Å². The first-order chi connectivity index (χ1) is 8.99. The number of carbonyl (C=O) groups is 2. The zero-order valence-corrected chi connectivity index (χ0v) is 11.7. The molecule has 0 aliphatic rings. The highest BCUT2D eigenvalue weighted by molar-refractivity contribution is 5.99. The molecule has 0 aliphatic carbocycles. The molecule has 5 heteroatoms. The van der Waals surface area contributed by atoms with Gasteiger partial charge >= 0.3 is 0 Å². The Kier molecular flexibility index (Phi) is 5.66. The summed E-state index contributed by atoms with van der Waals surface area (Å²) in [6.45, 7) is 1.79. The van der Waals surface area contributed by atoms with E-state index >= 15 is 0 Å². The van der Waals surface area contributed by atoms with E-state index in [0.29, 0.717) is 17.7 Å². The number of carbonyl (C=O) groups excluding carboxylic acids is 2. The second kappa shape index (κ2) is 7.01. The predicted molar refractivity (Wildman–Crippen MR) is 71.2 cm³/mol. The molecule has 0 N–H and O–H groups in total. The summed E-state index contributed by atoms with van der Waals surface area (Å²) in [5.74, 6) is -0.244. The average Bonchev–Trinajstić information content (AvgIpc) is 2.43. The van der Waals surface area contributed by atoms with Crippen LogP contribution in [0.3, 0.4) is 0 Å². The van der Waals surface area contributed by atoms with E-state index in [9.17, 15) is 9.59 Å². The van der Waals surface area contributed by atoms with E-state index in [0.717, 1.165) is 0 Å². The van der Waals surface area contributed by atoms with Gasteiger partial charge in [0.05, 0.1) is 6.54 Å². The van der Waals surface area contributed by atoms with Crippen LogP contribution in [-0.2, 0) is 9.47 Å². The Hall–Kier alpha value is -1.72. The van der Waals surface area contributed by atoms with E-state index in [2.05, 4.69) is 0 Å². The molecule has 1 aromatic rings. The lowest BCUT2D eigenvalue weighted by Gasteiger charge is -2.22. The van der Waals surface area contributed by atoms with E-state index in [1.165, 1.54) is 26.0 Å². The summed E-state index contributed by atoms with van der Waals surface area (Å²) < 4.78 is 10.1. The molecule has 0 heterocycles. The fraction of sp³-hybridized carbons (Fsp3) is 0.429. The highest BCUT2D eigenvalue weighted by Gasteiger charge is 2.17. The maximum Gasteiger partial charge on any atom is 0.253 e. The first-order valence-corrected chi connectivity index (χ1v) is 5.91. The smallest absolute Gasteiger partial charge is 0.253 e. The normalized spacial score (nSPS) is 10.6. The molecule has 19 heavy (non-hydrogen) atoms. The lowest BCUT2D eigenvalue weighted by atomic mass is 10.1. The molecule has 0 spiro atoms. The van der Waals surface area contributed by atoms with Crippen molar-refractivity contribution in [2.45, 2.75) is 13.2 Å². The molecular formula is C14H19NO4. The first kappa shape index (κ1) is 15.3. The molecule has 0 aliphatic heterocycles. The summed E-state index contributed by atoms with van der Waals surface area (Å²) in [6.07, 6.45) is -0.468. The molecule has 0 aromatic heterocycles. The van der Waals surface area contributed by atoms with E-state index in [1.807, 2.05) is 0 Å². The third-order valence-corrected chi connectivity index (χ3v) is 2.81. The van der Waals surface area contributed by atoms with E-state index in [4.69, 9.17) is 9.47 Å². The minimum Gasteiger partial charge on any atom is -0.354 e. The fourth-order valence-corrected chi connectivity index (χ4v) is 1.64. The summed E-state index contributed by atoms with van der Waals surface area (Å²) in [7, 11) is 4.69. The zero-order valence-electron chi connectivity index (χ0n) is 11.7. The van der Waals surface area contributed by atoms with Crippen molar-refractivity contribution in [3.05, 3.63) is 35.4 Å². The maximum atomic E-state index is 12.2. The van der Waals surface area contributed by atoms with Gasteiger partial charge in [0.2, 0.25) is 0 Å². The molecule has 0 saturated carbocycles. The number of nitrogens with zero attached hydrogens (tertiary/aromatic N) is 1. The topological polar surface area (TPSA) is 55.8 Å². The van der Waals surface area contributed by atoms with Gasteiger partial charge in [0, 0.05) is 32.4 Å². The van der Waals surface area contributed by atoms with Gasteiger partial charge < -0.3 is 14.4 Å². The van der Waals surface area contributed by atoms with Crippen LogP contribution in [-0.4, -0.2) is 50.7 Å². The first-order valence-electron chi connectivity index (χ1n) is 5.91. The quantitative estimate of drug-likeness (QED) is 0.579. The van der Waals surface area contributed by atoms with Gasteiger partial charge in [-0.05, 0) is 19.1 Å². The second-order valence-corrected chi connectivity index (χ2v) is 4.22. The number of Topliss-reactive ketones (excluding diaryl/α,β-unsaturated/α-hetero) is 1. The van der Waals surface area contributed by atoms with Gasteiger partial charge in [-0.3, -0.25) is 9.59 Å². The molecule has 1 aromatic carbocycles. The lowest BCUT2D eigenvalue weighted by Crippen LogP contribution is -2.36. The third kappa shape index (κ3) is 4.15. The summed E-state index contributed by atoms with van der Waals surface area (Å²) >= 11 is 0. The zero-order chi connectivity index (χ0) is 14.4. The Bertz CT molecular complexity index is 455. The summed E-state index contributed by atoms with van der Waals surface area (Å²) in [4.78, 5) is 25.0. The van der Waals surface area contributed by atoms with Crippen molar-refractivity contribution in [2.75, 3.05) is 27.8 Å². The van der Waals surface area contributed by atoms with E-state index in [-0.39, 0.29) is 11.7 Å². The van der Waals surface area contributed by atoms with Crippen molar-refractivity contribution in [1.29, 1.82) is 0 Å². The Labute approximate surface area is 113 Å². The predicted octanol–water partition coefficient (Wildman–Crippen LogP) is 1.58. The van der Waals surface area contributed by atoms with Gasteiger partial charge in [0.1, 0.15) is 0 Å².